The lowest BCUT2D eigenvalue weighted by atomic mass is 10.2. The molecule has 2 amide bonds. The molecule has 0 fully saturated rings. The fourth-order valence-electron chi connectivity index (χ4n) is 1.20. The number of nitrogens with two attached hydrogens (primary N) is 1. The van der Waals surface area contributed by atoms with Crippen LogP contribution in [0.3, 0.4) is 0 Å². The van der Waals surface area contributed by atoms with E-state index in [1.54, 1.807) is 33.7 Å². The van der Waals surface area contributed by atoms with Crippen molar-refractivity contribution in [2.45, 2.75) is 0 Å². The van der Waals surface area contributed by atoms with E-state index in [0.29, 0.717) is 12.3 Å². The Bertz CT molecular complexity index is 457. The van der Waals surface area contributed by atoms with Gasteiger partial charge in [0.2, 0.25) is 0 Å². The number of amides is 2. The first-order chi connectivity index (χ1) is 9.65. The molecule has 0 bridgehead atoms. The standard InChI is InChI=1S/C12H16N2O4S2/c13-5-7-19-20-8-6-18-12(17)14-11(16)9-3-1-2-4-10(9)15/h1-4,15H,5-8,13H2,(H,14,16,17). The third kappa shape index (κ3) is 6.18. The topological polar surface area (TPSA) is 102 Å². The number of benzene rings is 1. The van der Waals surface area contributed by atoms with Gasteiger partial charge < -0.3 is 15.6 Å². The number of carbonyl (C=O) groups excluding carboxylic acids is 2. The fourth-order valence-corrected chi connectivity index (χ4v) is 2.88. The Hall–Kier alpha value is -1.38. The van der Waals surface area contributed by atoms with Gasteiger partial charge in [-0.3, -0.25) is 10.1 Å². The number of imide groups is 1. The Labute approximate surface area is 124 Å². The summed E-state index contributed by atoms with van der Waals surface area (Å²) in [5, 5.41) is 11.5. The summed E-state index contributed by atoms with van der Waals surface area (Å²) in [4.78, 5) is 23.0. The Morgan fingerprint density at radius 3 is 2.65 bits per heavy atom. The monoisotopic (exact) mass is 316 g/mol. The van der Waals surface area contributed by atoms with Crippen molar-refractivity contribution in [2.24, 2.45) is 5.73 Å². The van der Waals surface area contributed by atoms with E-state index in [2.05, 4.69) is 0 Å². The van der Waals surface area contributed by atoms with E-state index >= 15 is 0 Å². The van der Waals surface area contributed by atoms with Crippen molar-refractivity contribution in [3.05, 3.63) is 29.8 Å². The molecule has 0 unspecified atom stereocenters. The van der Waals surface area contributed by atoms with Crippen molar-refractivity contribution in [2.75, 3.05) is 24.7 Å². The number of hydrogen-bond acceptors (Lipinski definition) is 7. The highest BCUT2D eigenvalue weighted by atomic mass is 33.1. The van der Waals surface area contributed by atoms with Gasteiger partial charge in [-0.05, 0) is 12.1 Å². The number of carbonyl (C=O) groups is 2. The van der Waals surface area contributed by atoms with Crippen LogP contribution in [0.25, 0.3) is 0 Å². The first-order valence-corrected chi connectivity index (χ1v) is 8.34. The zero-order valence-corrected chi connectivity index (χ0v) is 12.3. The lowest BCUT2D eigenvalue weighted by molar-refractivity contribution is 0.0923. The number of alkyl carbamates (subject to hydrolysis) is 1. The highest BCUT2D eigenvalue weighted by Crippen LogP contribution is 2.19. The average Bonchev–Trinajstić information content (AvgIpc) is 2.43. The van der Waals surface area contributed by atoms with Crippen LogP contribution in [0.4, 0.5) is 4.79 Å². The van der Waals surface area contributed by atoms with Crippen molar-refractivity contribution < 1.29 is 19.4 Å². The fraction of sp³-hybridized carbons (Fsp3) is 0.333. The summed E-state index contributed by atoms with van der Waals surface area (Å²) in [5.41, 5.74) is 5.35. The first-order valence-electron chi connectivity index (χ1n) is 5.85. The predicted molar refractivity (Wildman–Crippen MR) is 80.9 cm³/mol. The summed E-state index contributed by atoms with van der Waals surface area (Å²) in [6.45, 7) is 0.802. The minimum absolute atomic E-state index is 0.0253. The number of rotatable bonds is 7. The average molecular weight is 316 g/mol. The molecule has 20 heavy (non-hydrogen) atoms. The van der Waals surface area contributed by atoms with Gasteiger partial charge >= 0.3 is 6.09 Å². The Morgan fingerprint density at radius 2 is 1.95 bits per heavy atom. The molecule has 0 radical (unpaired) electrons. The van der Waals surface area contributed by atoms with Gasteiger partial charge in [0.05, 0.1) is 5.56 Å². The molecule has 8 heteroatoms. The summed E-state index contributed by atoms with van der Waals surface area (Å²) in [6.07, 6.45) is -0.831. The molecule has 0 saturated heterocycles. The van der Waals surface area contributed by atoms with Crippen LogP contribution < -0.4 is 11.1 Å². The summed E-state index contributed by atoms with van der Waals surface area (Å²) >= 11 is 0. The molecule has 0 heterocycles. The van der Waals surface area contributed by atoms with Gasteiger partial charge in [0.15, 0.2) is 0 Å². The van der Waals surface area contributed by atoms with Crippen LogP contribution in [0.5, 0.6) is 5.75 Å². The molecule has 0 aliphatic rings. The number of phenolic OH excluding ortho intramolecular Hbond substituents is 1. The van der Waals surface area contributed by atoms with Crippen LogP contribution in [-0.4, -0.2) is 41.8 Å². The van der Waals surface area contributed by atoms with E-state index in [1.807, 2.05) is 5.32 Å². The number of aromatic hydroxyl groups is 1. The predicted octanol–water partition coefficient (Wildman–Crippen LogP) is 1.60. The minimum atomic E-state index is -0.831. The third-order valence-electron chi connectivity index (χ3n) is 2.05. The number of nitrogens with one attached hydrogen (secondary N) is 1. The molecule has 0 aliphatic heterocycles. The van der Waals surface area contributed by atoms with Crippen LogP contribution in [0.1, 0.15) is 10.4 Å². The maximum atomic E-state index is 11.7. The van der Waals surface area contributed by atoms with E-state index in [0.717, 1.165) is 5.75 Å². The van der Waals surface area contributed by atoms with Gasteiger partial charge in [-0.25, -0.2) is 4.79 Å². The van der Waals surface area contributed by atoms with E-state index in [9.17, 15) is 14.7 Å². The first kappa shape index (κ1) is 16.7. The van der Waals surface area contributed by atoms with E-state index in [4.69, 9.17) is 10.5 Å². The molecule has 1 aromatic rings. The number of hydrogen-bond donors (Lipinski definition) is 3. The van der Waals surface area contributed by atoms with E-state index in [1.165, 1.54) is 12.1 Å². The number of phenols is 1. The quantitative estimate of drug-likeness (QED) is 0.518. The number of para-hydroxylation sites is 1. The van der Waals surface area contributed by atoms with Crippen LogP contribution in [0, 0.1) is 0 Å². The van der Waals surface area contributed by atoms with Crippen molar-refractivity contribution in [3.63, 3.8) is 0 Å². The van der Waals surface area contributed by atoms with E-state index in [-0.39, 0.29) is 17.9 Å². The maximum Gasteiger partial charge on any atom is 0.414 e. The molecule has 6 nitrogen and oxygen atoms in total. The van der Waals surface area contributed by atoms with Crippen LogP contribution >= 0.6 is 21.6 Å². The Balaban J connectivity index is 2.25. The van der Waals surface area contributed by atoms with Gasteiger partial charge in [-0.15, -0.1) is 0 Å². The van der Waals surface area contributed by atoms with Crippen LogP contribution in [0.15, 0.2) is 24.3 Å². The smallest absolute Gasteiger partial charge is 0.414 e. The minimum Gasteiger partial charge on any atom is -0.507 e. The van der Waals surface area contributed by atoms with Crippen LogP contribution in [-0.2, 0) is 4.74 Å². The second-order valence-corrected chi connectivity index (χ2v) is 6.24. The molecular weight excluding hydrogens is 300 g/mol. The normalized spacial score (nSPS) is 10.1. The van der Waals surface area contributed by atoms with Crippen molar-refractivity contribution in [3.8, 4) is 5.75 Å². The molecule has 0 aromatic heterocycles. The highest BCUT2D eigenvalue weighted by molar-refractivity contribution is 8.76. The molecule has 1 aromatic carbocycles. The molecular formula is C12H16N2O4S2. The van der Waals surface area contributed by atoms with Crippen molar-refractivity contribution >= 4 is 33.6 Å². The largest absolute Gasteiger partial charge is 0.507 e. The Morgan fingerprint density at radius 1 is 1.25 bits per heavy atom. The van der Waals surface area contributed by atoms with E-state index < -0.39 is 12.0 Å². The SMILES string of the molecule is NCCSSCCOC(=O)NC(=O)c1ccccc1O. The second kappa shape index (κ2) is 9.51. The lowest BCUT2D eigenvalue weighted by Gasteiger charge is -2.06. The van der Waals surface area contributed by atoms with Crippen molar-refractivity contribution in [1.82, 2.24) is 5.32 Å². The molecule has 0 saturated carbocycles. The lowest BCUT2D eigenvalue weighted by Crippen LogP contribution is -2.31. The summed E-state index contributed by atoms with van der Waals surface area (Å²) in [7, 11) is 3.14. The zero-order chi connectivity index (χ0) is 14.8. The summed E-state index contributed by atoms with van der Waals surface area (Å²) in [6, 6.07) is 5.95. The van der Waals surface area contributed by atoms with Crippen LogP contribution in [0.2, 0.25) is 0 Å². The van der Waals surface area contributed by atoms with Crippen molar-refractivity contribution in [1.29, 1.82) is 0 Å². The molecule has 1 rings (SSSR count). The van der Waals surface area contributed by atoms with Gasteiger partial charge in [0, 0.05) is 18.1 Å². The zero-order valence-electron chi connectivity index (χ0n) is 10.7. The third-order valence-corrected chi connectivity index (χ3v) is 4.45. The second-order valence-electron chi connectivity index (χ2n) is 3.54. The summed E-state index contributed by atoms with van der Waals surface area (Å²) < 4.78 is 4.84. The Kier molecular flexibility index (Phi) is 7.93. The van der Waals surface area contributed by atoms with Gasteiger partial charge in [0.25, 0.3) is 5.91 Å². The molecule has 0 atom stereocenters. The molecule has 0 aliphatic carbocycles. The van der Waals surface area contributed by atoms with Gasteiger partial charge in [-0.1, -0.05) is 33.7 Å². The maximum absolute atomic E-state index is 11.7. The number of ether oxygens (including phenoxy) is 1. The summed E-state index contributed by atoms with van der Waals surface area (Å²) in [5.74, 6) is 0.565. The van der Waals surface area contributed by atoms with Gasteiger partial charge in [-0.2, -0.15) is 0 Å². The molecule has 4 N–H and O–H groups in total. The highest BCUT2D eigenvalue weighted by Gasteiger charge is 2.14. The van der Waals surface area contributed by atoms with Gasteiger partial charge in [0.1, 0.15) is 12.4 Å². The molecule has 0 spiro atoms. The molecule has 110 valence electrons.